The SMILES string of the molecule is COc1cc2ccc(=O)oc2c(OC)c1OCC1C(C)=CC(=O)C2C(C)(C)C(OC(=O)CC(C)C)CCC12C. The molecule has 39 heavy (non-hydrogen) atoms. The van der Waals surface area contributed by atoms with Gasteiger partial charge < -0.3 is 23.4 Å². The van der Waals surface area contributed by atoms with Gasteiger partial charge in [0.25, 0.3) is 0 Å². The summed E-state index contributed by atoms with van der Waals surface area (Å²) in [6, 6.07) is 4.73. The van der Waals surface area contributed by atoms with Gasteiger partial charge in [-0.3, -0.25) is 9.59 Å². The molecule has 2 aliphatic rings. The maximum absolute atomic E-state index is 13.5. The van der Waals surface area contributed by atoms with Gasteiger partial charge in [0.1, 0.15) is 6.10 Å². The first-order chi connectivity index (χ1) is 18.3. The highest BCUT2D eigenvalue weighted by atomic mass is 16.5. The summed E-state index contributed by atoms with van der Waals surface area (Å²) in [6.45, 7) is 12.4. The van der Waals surface area contributed by atoms with Crippen LogP contribution in [-0.2, 0) is 14.3 Å². The molecule has 1 heterocycles. The van der Waals surface area contributed by atoms with Gasteiger partial charge in [-0.2, -0.15) is 0 Å². The predicted molar refractivity (Wildman–Crippen MR) is 147 cm³/mol. The molecule has 1 saturated carbocycles. The monoisotopic (exact) mass is 540 g/mol. The molecule has 8 nitrogen and oxygen atoms in total. The van der Waals surface area contributed by atoms with Crippen molar-refractivity contribution in [1.29, 1.82) is 0 Å². The molecule has 4 rings (SSSR count). The molecule has 1 aromatic carbocycles. The highest BCUT2D eigenvalue weighted by Crippen LogP contribution is 2.59. The lowest BCUT2D eigenvalue weighted by Crippen LogP contribution is -2.59. The van der Waals surface area contributed by atoms with Crippen LogP contribution in [0.4, 0.5) is 0 Å². The maximum Gasteiger partial charge on any atom is 0.336 e. The molecule has 0 spiro atoms. The Bertz CT molecular complexity index is 1350. The van der Waals surface area contributed by atoms with Crippen molar-refractivity contribution in [3.8, 4) is 17.2 Å². The molecule has 0 saturated heterocycles. The van der Waals surface area contributed by atoms with Crippen molar-refractivity contribution in [2.45, 2.75) is 66.9 Å². The van der Waals surface area contributed by atoms with E-state index < -0.39 is 16.5 Å². The van der Waals surface area contributed by atoms with Crippen LogP contribution in [0.5, 0.6) is 17.2 Å². The van der Waals surface area contributed by atoms with Crippen molar-refractivity contribution in [2.24, 2.45) is 28.6 Å². The Kier molecular flexibility index (Phi) is 7.88. The van der Waals surface area contributed by atoms with Gasteiger partial charge in [-0.1, -0.05) is 40.2 Å². The Hall–Kier alpha value is -3.29. The van der Waals surface area contributed by atoms with E-state index >= 15 is 0 Å². The molecule has 0 amide bonds. The van der Waals surface area contributed by atoms with Gasteiger partial charge >= 0.3 is 11.6 Å². The summed E-state index contributed by atoms with van der Waals surface area (Å²) in [5.41, 5.74) is -0.265. The lowest BCUT2D eigenvalue weighted by Gasteiger charge is -2.57. The van der Waals surface area contributed by atoms with Gasteiger partial charge in [-0.25, -0.2) is 4.79 Å². The number of hydrogen-bond acceptors (Lipinski definition) is 8. The summed E-state index contributed by atoms with van der Waals surface area (Å²) in [5.74, 6) is 0.651. The van der Waals surface area contributed by atoms with Crippen molar-refractivity contribution in [3.05, 3.63) is 40.3 Å². The van der Waals surface area contributed by atoms with Crippen molar-refractivity contribution < 1.29 is 33.0 Å². The summed E-state index contributed by atoms with van der Waals surface area (Å²) in [7, 11) is 3.03. The summed E-state index contributed by atoms with van der Waals surface area (Å²) in [4.78, 5) is 38.0. The van der Waals surface area contributed by atoms with E-state index in [1.165, 1.54) is 13.2 Å². The van der Waals surface area contributed by atoms with E-state index in [-0.39, 0.29) is 53.5 Å². The number of esters is 1. The van der Waals surface area contributed by atoms with Crippen molar-refractivity contribution in [1.82, 2.24) is 0 Å². The summed E-state index contributed by atoms with van der Waals surface area (Å²) < 4.78 is 29.0. The van der Waals surface area contributed by atoms with Crippen LogP contribution in [0.15, 0.2) is 39.1 Å². The third-order valence-corrected chi connectivity index (χ3v) is 8.63. The Balaban J connectivity index is 1.67. The Morgan fingerprint density at radius 1 is 1.10 bits per heavy atom. The van der Waals surface area contributed by atoms with Crippen molar-refractivity contribution in [2.75, 3.05) is 20.8 Å². The fourth-order valence-electron chi connectivity index (χ4n) is 6.84. The van der Waals surface area contributed by atoms with Gasteiger partial charge in [-0.05, 0) is 49.3 Å². The smallest absolute Gasteiger partial charge is 0.336 e. The summed E-state index contributed by atoms with van der Waals surface area (Å²) in [6.07, 6.45) is 3.09. The highest BCUT2D eigenvalue weighted by Gasteiger charge is 2.60. The average Bonchev–Trinajstić information content (AvgIpc) is 2.84. The third-order valence-electron chi connectivity index (χ3n) is 8.63. The second-order valence-electron chi connectivity index (χ2n) is 12.1. The van der Waals surface area contributed by atoms with Crippen LogP contribution in [-0.4, -0.2) is 38.7 Å². The fourth-order valence-corrected chi connectivity index (χ4v) is 6.84. The Labute approximate surface area is 229 Å². The first-order valence-corrected chi connectivity index (χ1v) is 13.6. The number of fused-ring (bicyclic) bond motifs is 2. The van der Waals surface area contributed by atoms with Crippen LogP contribution in [0.1, 0.15) is 60.8 Å². The molecule has 2 aliphatic carbocycles. The molecule has 0 radical (unpaired) electrons. The van der Waals surface area contributed by atoms with Crippen LogP contribution in [0.2, 0.25) is 0 Å². The largest absolute Gasteiger partial charge is 0.493 e. The zero-order valence-electron chi connectivity index (χ0n) is 24.2. The summed E-state index contributed by atoms with van der Waals surface area (Å²) in [5, 5.41) is 0.647. The zero-order chi connectivity index (χ0) is 28.7. The van der Waals surface area contributed by atoms with E-state index in [0.29, 0.717) is 36.1 Å². The number of benzene rings is 1. The minimum absolute atomic E-state index is 0.0588. The number of methoxy groups -OCH3 is 2. The highest BCUT2D eigenvalue weighted by molar-refractivity contribution is 5.95. The van der Waals surface area contributed by atoms with Gasteiger partial charge in [0.2, 0.25) is 11.5 Å². The number of carbonyl (C=O) groups excluding carboxylic acids is 2. The Morgan fingerprint density at radius 3 is 2.46 bits per heavy atom. The predicted octanol–water partition coefficient (Wildman–Crippen LogP) is 5.73. The number of carbonyl (C=O) groups is 2. The molecule has 2 aromatic rings. The van der Waals surface area contributed by atoms with Crippen molar-refractivity contribution in [3.63, 3.8) is 0 Å². The lowest BCUT2D eigenvalue weighted by atomic mass is 9.47. The first kappa shape index (κ1) is 28.7. The quantitative estimate of drug-likeness (QED) is 0.309. The van der Waals surface area contributed by atoms with Crippen LogP contribution in [0.3, 0.4) is 0 Å². The molecular weight excluding hydrogens is 500 g/mol. The first-order valence-electron chi connectivity index (χ1n) is 13.6. The lowest BCUT2D eigenvalue weighted by molar-refractivity contribution is -0.178. The molecule has 0 bridgehead atoms. The maximum atomic E-state index is 13.5. The van der Waals surface area contributed by atoms with E-state index in [9.17, 15) is 14.4 Å². The molecular formula is C31H40O8. The fraction of sp³-hybridized carbons (Fsp3) is 0.581. The van der Waals surface area contributed by atoms with Crippen LogP contribution >= 0.6 is 0 Å². The van der Waals surface area contributed by atoms with E-state index in [4.69, 9.17) is 23.4 Å². The topological polar surface area (TPSA) is 101 Å². The van der Waals surface area contributed by atoms with Crippen LogP contribution < -0.4 is 19.8 Å². The second-order valence-corrected chi connectivity index (χ2v) is 12.1. The molecule has 212 valence electrons. The van der Waals surface area contributed by atoms with Crippen LogP contribution in [0, 0.1) is 28.6 Å². The van der Waals surface area contributed by atoms with E-state index in [1.807, 2.05) is 34.6 Å². The van der Waals surface area contributed by atoms with Gasteiger partial charge in [0.15, 0.2) is 17.1 Å². The van der Waals surface area contributed by atoms with E-state index in [2.05, 4.69) is 6.92 Å². The second kappa shape index (κ2) is 10.7. The van der Waals surface area contributed by atoms with Gasteiger partial charge in [0.05, 0.1) is 20.8 Å². The number of rotatable bonds is 8. The molecule has 4 atom stereocenters. The number of ether oxygens (including phenoxy) is 4. The minimum Gasteiger partial charge on any atom is -0.493 e. The third kappa shape index (κ3) is 5.18. The molecule has 0 N–H and O–H groups in total. The zero-order valence-corrected chi connectivity index (χ0v) is 24.2. The number of allylic oxidation sites excluding steroid dienone is 1. The molecule has 1 aromatic heterocycles. The number of ketones is 1. The average molecular weight is 541 g/mol. The van der Waals surface area contributed by atoms with Gasteiger partial charge in [-0.15, -0.1) is 0 Å². The van der Waals surface area contributed by atoms with Crippen molar-refractivity contribution >= 4 is 22.7 Å². The molecule has 4 unspecified atom stereocenters. The van der Waals surface area contributed by atoms with Crippen LogP contribution in [0.25, 0.3) is 11.0 Å². The van der Waals surface area contributed by atoms with Gasteiger partial charge in [0, 0.05) is 35.1 Å². The summed E-state index contributed by atoms with van der Waals surface area (Å²) >= 11 is 0. The Morgan fingerprint density at radius 2 is 1.82 bits per heavy atom. The minimum atomic E-state index is -0.562. The van der Waals surface area contributed by atoms with E-state index in [1.54, 1.807) is 25.3 Å². The molecule has 0 aliphatic heterocycles. The number of hydrogen-bond donors (Lipinski definition) is 0. The molecule has 8 heteroatoms. The normalized spacial score (nSPS) is 26.1. The molecule has 1 fully saturated rings. The standard InChI is InChI=1S/C31H40O8/c1-17(2)13-25(34)38-23-11-12-31(6)20(18(3)14-21(32)29(31)30(23,4)5)16-37-27-22(35-7)15-19-9-10-24(33)39-26(19)28(27)36-8/h9-10,14-15,17,20,23,29H,11-13,16H2,1-8H3. The van der Waals surface area contributed by atoms with E-state index in [0.717, 1.165) is 5.57 Å².